The second-order valence-electron chi connectivity index (χ2n) is 12.9. The van der Waals surface area contributed by atoms with E-state index in [-0.39, 0.29) is 39.1 Å². The monoisotopic (exact) mass is 695 g/mol. The minimum Gasteiger partial charge on any atom is -0.490 e. The van der Waals surface area contributed by atoms with Crippen LogP contribution in [0.1, 0.15) is 29.3 Å². The lowest BCUT2D eigenvalue weighted by Crippen LogP contribution is -2.60. The van der Waals surface area contributed by atoms with Gasteiger partial charge in [0.1, 0.15) is 42.4 Å². The number of carbonyl (C=O) groups is 2. The highest BCUT2D eigenvalue weighted by molar-refractivity contribution is 5.82. The number of β-amino-alcohol motifs (C(OH)–C–C–N with tert-alkyl or cyclic N) is 1. The van der Waals surface area contributed by atoms with Gasteiger partial charge in [-0.1, -0.05) is 42.5 Å². The van der Waals surface area contributed by atoms with Gasteiger partial charge in [0, 0.05) is 55.4 Å². The van der Waals surface area contributed by atoms with E-state index in [4.69, 9.17) is 9.15 Å². The summed E-state index contributed by atoms with van der Waals surface area (Å²) in [6, 6.07) is 18.4. The number of halogens is 3. The third kappa shape index (κ3) is 8.99. The average Bonchev–Trinajstić information content (AvgIpc) is 3.51. The van der Waals surface area contributed by atoms with E-state index >= 15 is 0 Å². The Morgan fingerprint density at radius 1 is 1.06 bits per heavy atom. The number of furan rings is 1. The molecule has 0 bridgehead atoms. The summed E-state index contributed by atoms with van der Waals surface area (Å²) in [5.41, 5.74) is 2.11. The van der Waals surface area contributed by atoms with Crippen LogP contribution in [0, 0.1) is 5.92 Å². The van der Waals surface area contributed by atoms with Crippen LogP contribution in [0.3, 0.4) is 0 Å². The van der Waals surface area contributed by atoms with Crippen molar-refractivity contribution < 1.29 is 42.1 Å². The Bertz CT molecular complexity index is 1720. The Kier molecular flexibility index (Phi) is 11.0. The number of piperazine rings is 1. The number of aliphatic hydroxyl groups excluding tert-OH is 2. The second kappa shape index (κ2) is 15.6. The van der Waals surface area contributed by atoms with E-state index in [0.717, 1.165) is 10.9 Å². The summed E-state index contributed by atoms with van der Waals surface area (Å²) >= 11 is 0. The molecule has 6 rings (SSSR count). The SMILES string of the molecule is O=C(N[C@H]1c2ccccc2OC[C@H]1O)[C@H](Cc1cccnc1)C[C@H](O)CN1CCN(Cc2cc3ccccc3o2)C[C@H]1C(=O)NCC(F)(F)F. The van der Waals surface area contributed by atoms with E-state index < -0.39 is 54.7 Å². The van der Waals surface area contributed by atoms with Crippen molar-refractivity contribution in [3.8, 4) is 5.75 Å². The molecule has 4 N–H and O–H groups in total. The van der Waals surface area contributed by atoms with Gasteiger partial charge >= 0.3 is 6.18 Å². The number of rotatable bonds is 12. The second-order valence-corrected chi connectivity index (χ2v) is 12.9. The molecule has 0 spiro atoms. The zero-order valence-electron chi connectivity index (χ0n) is 27.3. The van der Waals surface area contributed by atoms with E-state index in [1.165, 1.54) is 0 Å². The molecular formula is C36H40F3N5O6. The molecule has 1 fully saturated rings. The molecule has 4 heterocycles. The average molecular weight is 696 g/mol. The van der Waals surface area contributed by atoms with Gasteiger partial charge in [-0.15, -0.1) is 0 Å². The molecule has 2 amide bonds. The van der Waals surface area contributed by atoms with Gasteiger partial charge in [0.2, 0.25) is 11.8 Å². The predicted octanol–water partition coefficient (Wildman–Crippen LogP) is 3.21. The maximum Gasteiger partial charge on any atom is 0.405 e. The standard InChI is InChI=1S/C36H40F3N5O6/c37-36(38,39)22-41-35(48)29-20-43(19-27-16-24-7-1-3-9-31(24)50-27)12-13-44(29)18-26(45)15-25(14-23-6-5-11-40-17-23)34(47)42-33-28-8-2-4-10-32(28)49-21-30(33)46/h1-11,16-17,25-26,29-30,33,45-46H,12-15,18-22H2,(H,41,48)(H,42,47)/t25-,26+,29+,30-,33+/m1/s1. The normalized spacial score (nSPS) is 21.2. The fraction of sp³-hybridized carbons (Fsp3) is 0.417. The van der Waals surface area contributed by atoms with E-state index in [9.17, 15) is 33.0 Å². The van der Waals surface area contributed by atoms with Gasteiger partial charge in [0.15, 0.2) is 0 Å². The van der Waals surface area contributed by atoms with Crippen LogP contribution >= 0.6 is 0 Å². The summed E-state index contributed by atoms with van der Waals surface area (Å²) < 4.78 is 50.8. The number of aromatic nitrogens is 1. The number of nitrogens with zero attached hydrogens (tertiary/aromatic N) is 3. The number of nitrogens with one attached hydrogen (secondary N) is 2. The number of ether oxygens (including phenoxy) is 1. The maximum atomic E-state index is 13.8. The fourth-order valence-electron chi connectivity index (χ4n) is 6.68. The number of fused-ring (bicyclic) bond motifs is 2. The lowest BCUT2D eigenvalue weighted by atomic mass is 9.91. The molecular weight excluding hydrogens is 655 g/mol. The third-order valence-corrected chi connectivity index (χ3v) is 9.12. The Morgan fingerprint density at radius 3 is 2.64 bits per heavy atom. The van der Waals surface area contributed by atoms with Gasteiger partial charge in [-0.05, 0) is 42.7 Å². The van der Waals surface area contributed by atoms with Crippen LogP contribution in [0.25, 0.3) is 11.0 Å². The maximum absolute atomic E-state index is 13.8. The summed E-state index contributed by atoms with van der Waals surface area (Å²) in [6.07, 6.45) is -3.24. The highest BCUT2D eigenvalue weighted by Gasteiger charge is 2.38. The summed E-state index contributed by atoms with van der Waals surface area (Å²) in [5, 5.41) is 28.0. The van der Waals surface area contributed by atoms with Crippen molar-refractivity contribution >= 4 is 22.8 Å². The van der Waals surface area contributed by atoms with Crippen molar-refractivity contribution in [3.05, 3.63) is 96.0 Å². The molecule has 2 aromatic heterocycles. The molecule has 0 radical (unpaired) electrons. The lowest BCUT2D eigenvalue weighted by molar-refractivity contribution is -0.143. The van der Waals surface area contributed by atoms with Crippen LogP contribution in [-0.2, 0) is 22.6 Å². The molecule has 4 aromatic rings. The number of hydrogen-bond donors (Lipinski definition) is 4. The molecule has 1 saturated heterocycles. The van der Waals surface area contributed by atoms with Crippen LogP contribution in [0.4, 0.5) is 13.2 Å². The first-order valence-corrected chi connectivity index (χ1v) is 16.6. The first-order chi connectivity index (χ1) is 24.0. The lowest BCUT2D eigenvalue weighted by Gasteiger charge is -2.41. The highest BCUT2D eigenvalue weighted by atomic mass is 19.4. The highest BCUT2D eigenvalue weighted by Crippen LogP contribution is 2.32. The number of benzene rings is 2. The number of hydrogen-bond acceptors (Lipinski definition) is 9. The van der Waals surface area contributed by atoms with Crippen molar-refractivity contribution in [3.63, 3.8) is 0 Å². The van der Waals surface area contributed by atoms with Crippen LogP contribution < -0.4 is 15.4 Å². The van der Waals surface area contributed by atoms with Crippen LogP contribution in [0.5, 0.6) is 5.75 Å². The van der Waals surface area contributed by atoms with Gasteiger partial charge in [-0.25, -0.2) is 0 Å². The smallest absolute Gasteiger partial charge is 0.405 e. The first-order valence-electron chi connectivity index (χ1n) is 16.6. The molecule has 11 nitrogen and oxygen atoms in total. The summed E-state index contributed by atoms with van der Waals surface area (Å²) in [6.45, 7) is -0.326. The number of aliphatic hydroxyl groups is 2. The zero-order chi connectivity index (χ0) is 35.3. The van der Waals surface area contributed by atoms with Crippen molar-refractivity contribution in [2.45, 2.75) is 49.9 Å². The van der Waals surface area contributed by atoms with Crippen molar-refractivity contribution in [1.82, 2.24) is 25.4 Å². The molecule has 2 aromatic carbocycles. The van der Waals surface area contributed by atoms with E-state index in [1.54, 1.807) is 47.6 Å². The summed E-state index contributed by atoms with van der Waals surface area (Å²) in [5.74, 6) is -0.746. The van der Waals surface area contributed by atoms with Crippen LogP contribution in [0.2, 0.25) is 0 Å². The van der Waals surface area contributed by atoms with E-state index in [0.29, 0.717) is 35.7 Å². The molecule has 14 heteroatoms. The number of amides is 2. The Morgan fingerprint density at radius 2 is 1.86 bits per heavy atom. The van der Waals surface area contributed by atoms with Crippen molar-refractivity contribution in [1.29, 1.82) is 0 Å². The van der Waals surface area contributed by atoms with Gasteiger partial charge in [-0.3, -0.25) is 24.4 Å². The molecule has 0 unspecified atom stereocenters. The molecule has 2 aliphatic heterocycles. The van der Waals surface area contributed by atoms with E-state index in [1.807, 2.05) is 46.6 Å². The minimum absolute atomic E-state index is 0.00201. The molecule has 0 aliphatic carbocycles. The Hall–Kier alpha value is -4.50. The van der Waals surface area contributed by atoms with Gasteiger partial charge < -0.3 is 30.0 Å². The van der Waals surface area contributed by atoms with Gasteiger partial charge in [-0.2, -0.15) is 13.2 Å². The zero-order valence-corrected chi connectivity index (χ0v) is 27.3. The summed E-state index contributed by atoms with van der Waals surface area (Å²) in [4.78, 5) is 34.8. The van der Waals surface area contributed by atoms with Crippen molar-refractivity contribution in [2.24, 2.45) is 5.92 Å². The number of carbonyl (C=O) groups excluding carboxylic acids is 2. The Labute approximate surface area is 287 Å². The summed E-state index contributed by atoms with van der Waals surface area (Å²) in [7, 11) is 0. The van der Waals surface area contributed by atoms with E-state index in [2.05, 4.69) is 10.3 Å². The van der Waals surface area contributed by atoms with Crippen LogP contribution in [-0.4, -0.2) is 101 Å². The molecule has 50 heavy (non-hydrogen) atoms. The van der Waals surface area contributed by atoms with Gasteiger partial charge in [0.05, 0.1) is 18.7 Å². The number of alkyl halides is 3. The molecule has 0 saturated carbocycles. The van der Waals surface area contributed by atoms with Crippen molar-refractivity contribution in [2.75, 3.05) is 39.3 Å². The number of pyridine rings is 1. The number of para-hydroxylation sites is 2. The fourth-order valence-corrected chi connectivity index (χ4v) is 6.68. The minimum atomic E-state index is -4.59. The predicted molar refractivity (Wildman–Crippen MR) is 177 cm³/mol. The molecule has 266 valence electrons. The third-order valence-electron chi connectivity index (χ3n) is 9.12. The topological polar surface area (TPSA) is 140 Å². The first kappa shape index (κ1) is 35.3. The van der Waals surface area contributed by atoms with Crippen LogP contribution in [0.15, 0.2) is 83.5 Å². The molecule has 2 aliphatic rings. The quantitative estimate of drug-likeness (QED) is 0.176. The van der Waals surface area contributed by atoms with Gasteiger partial charge in [0.25, 0.3) is 0 Å². The Balaban J connectivity index is 1.16. The molecule has 5 atom stereocenters. The largest absolute Gasteiger partial charge is 0.490 e.